The molecule has 28 heavy (non-hydrogen) atoms. The third kappa shape index (κ3) is 3.63. The normalized spacial score (nSPS) is 18.1. The van der Waals surface area contributed by atoms with Crippen LogP contribution in [0.5, 0.6) is 0 Å². The van der Waals surface area contributed by atoms with Crippen molar-refractivity contribution >= 4 is 23.4 Å². The van der Waals surface area contributed by atoms with Crippen LogP contribution >= 0.6 is 0 Å². The van der Waals surface area contributed by atoms with Gasteiger partial charge in [0.05, 0.1) is 5.41 Å². The lowest BCUT2D eigenvalue weighted by molar-refractivity contribution is -0.135. The number of likely N-dealkylation sites (N-methyl/N-ethyl adjacent to an activating group) is 1. The van der Waals surface area contributed by atoms with E-state index in [0.29, 0.717) is 6.42 Å². The molecular weight excluding hydrogens is 354 g/mol. The van der Waals surface area contributed by atoms with Crippen molar-refractivity contribution in [2.45, 2.75) is 24.7 Å². The quantitative estimate of drug-likeness (QED) is 0.797. The van der Waals surface area contributed by atoms with Crippen molar-refractivity contribution in [3.05, 3.63) is 65.7 Å². The monoisotopic (exact) mass is 379 g/mol. The number of benzene rings is 2. The number of anilines is 1. The molecule has 0 bridgehead atoms. The largest absolute Gasteiger partial charge is 0.370 e. The van der Waals surface area contributed by atoms with Gasteiger partial charge in [-0.3, -0.25) is 14.4 Å². The fraction of sp³-hybridized carbons (Fsp3) is 0.318. The van der Waals surface area contributed by atoms with Crippen molar-refractivity contribution in [3.63, 3.8) is 0 Å². The van der Waals surface area contributed by atoms with Gasteiger partial charge in [-0.2, -0.15) is 0 Å². The zero-order chi connectivity index (χ0) is 20.3. The van der Waals surface area contributed by atoms with Crippen molar-refractivity contribution in [3.8, 4) is 0 Å². The van der Waals surface area contributed by atoms with Crippen molar-refractivity contribution in [2.75, 3.05) is 25.5 Å². The number of amides is 3. The highest BCUT2D eigenvalue weighted by atomic mass is 16.2. The average molecular weight is 379 g/mol. The Labute approximate surface area is 164 Å². The maximum Gasteiger partial charge on any atom is 0.238 e. The summed E-state index contributed by atoms with van der Waals surface area (Å²) in [5.41, 5.74) is 6.92. The van der Waals surface area contributed by atoms with E-state index in [-0.39, 0.29) is 31.2 Å². The number of nitrogens with zero attached hydrogens (tertiary/aromatic N) is 2. The second-order valence-electron chi connectivity index (χ2n) is 7.33. The summed E-state index contributed by atoms with van der Waals surface area (Å²) in [5, 5.41) is 0. The van der Waals surface area contributed by atoms with Crippen molar-refractivity contribution in [2.24, 2.45) is 5.73 Å². The molecule has 0 fully saturated rings. The molecule has 6 nitrogen and oxygen atoms in total. The van der Waals surface area contributed by atoms with E-state index in [9.17, 15) is 14.4 Å². The van der Waals surface area contributed by atoms with Gasteiger partial charge in [0.25, 0.3) is 0 Å². The van der Waals surface area contributed by atoms with Gasteiger partial charge in [0.2, 0.25) is 17.7 Å². The van der Waals surface area contributed by atoms with Crippen molar-refractivity contribution in [1.82, 2.24) is 4.90 Å². The van der Waals surface area contributed by atoms with E-state index < -0.39 is 11.3 Å². The number of para-hydroxylation sites is 1. The van der Waals surface area contributed by atoms with Gasteiger partial charge in [-0.25, -0.2) is 0 Å². The number of carbonyl (C=O) groups excluding carboxylic acids is 3. The lowest BCUT2D eigenvalue weighted by atomic mass is 9.73. The number of hydrogen-bond donors (Lipinski definition) is 1. The number of hydrogen-bond acceptors (Lipinski definition) is 3. The Kier molecular flexibility index (Phi) is 5.49. The predicted octanol–water partition coefficient (Wildman–Crippen LogP) is 1.87. The first-order valence-electron chi connectivity index (χ1n) is 9.29. The molecule has 0 radical (unpaired) electrons. The highest BCUT2D eigenvalue weighted by Crippen LogP contribution is 2.45. The van der Waals surface area contributed by atoms with Crippen LogP contribution in [0.3, 0.4) is 0 Å². The Bertz CT molecular complexity index is 897. The maximum atomic E-state index is 13.4. The van der Waals surface area contributed by atoms with E-state index >= 15 is 0 Å². The molecule has 1 aliphatic rings. The third-order valence-corrected chi connectivity index (χ3v) is 5.42. The van der Waals surface area contributed by atoms with Gasteiger partial charge in [0.1, 0.15) is 0 Å². The van der Waals surface area contributed by atoms with Gasteiger partial charge in [0, 0.05) is 39.2 Å². The topological polar surface area (TPSA) is 83.7 Å². The molecular formula is C22H25N3O3. The van der Waals surface area contributed by atoms with Crippen LogP contribution in [0.1, 0.15) is 24.0 Å². The van der Waals surface area contributed by atoms with Crippen LogP contribution in [0.25, 0.3) is 0 Å². The SMILES string of the molecule is CN(CCC(N)=O)C(=O)CC1(Cc2ccccc2)C(=O)N(C)c2ccccc21. The minimum Gasteiger partial charge on any atom is -0.370 e. The van der Waals surface area contributed by atoms with Gasteiger partial charge < -0.3 is 15.5 Å². The molecule has 1 heterocycles. The minimum atomic E-state index is -0.967. The number of carbonyl (C=O) groups is 3. The van der Waals surface area contributed by atoms with Gasteiger partial charge in [-0.1, -0.05) is 48.5 Å². The predicted molar refractivity (Wildman–Crippen MR) is 108 cm³/mol. The fourth-order valence-corrected chi connectivity index (χ4v) is 3.86. The van der Waals surface area contributed by atoms with Crippen LogP contribution in [-0.4, -0.2) is 43.3 Å². The Morgan fingerprint density at radius 1 is 1.07 bits per heavy atom. The summed E-state index contributed by atoms with van der Waals surface area (Å²) in [4.78, 5) is 40.5. The summed E-state index contributed by atoms with van der Waals surface area (Å²) in [6, 6.07) is 17.3. The van der Waals surface area contributed by atoms with Crippen LogP contribution in [0, 0.1) is 0 Å². The molecule has 0 aliphatic carbocycles. The van der Waals surface area contributed by atoms with Crippen LogP contribution in [0.15, 0.2) is 54.6 Å². The maximum absolute atomic E-state index is 13.4. The van der Waals surface area contributed by atoms with E-state index in [1.807, 2.05) is 54.6 Å². The summed E-state index contributed by atoms with van der Waals surface area (Å²) >= 11 is 0. The molecule has 6 heteroatoms. The van der Waals surface area contributed by atoms with Crippen LogP contribution in [-0.2, 0) is 26.2 Å². The van der Waals surface area contributed by atoms with Crippen LogP contribution in [0.2, 0.25) is 0 Å². The molecule has 3 rings (SSSR count). The van der Waals surface area contributed by atoms with E-state index in [0.717, 1.165) is 16.8 Å². The second-order valence-corrected chi connectivity index (χ2v) is 7.33. The molecule has 1 aliphatic heterocycles. The molecule has 0 saturated heterocycles. The Morgan fingerprint density at radius 3 is 2.39 bits per heavy atom. The standard InChI is InChI=1S/C22H25N3O3/c1-24(13-12-19(23)26)20(27)15-22(14-16-8-4-3-5-9-16)17-10-6-7-11-18(17)25(2)21(22)28/h3-11H,12-15H2,1-2H3,(H2,23,26). The smallest absolute Gasteiger partial charge is 0.238 e. The molecule has 0 saturated carbocycles. The molecule has 2 N–H and O–H groups in total. The zero-order valence-electron chi connectivity index (χ0n) is 16.2. The summed E-state index contributed by atoms with van der Waals surface area (Å²) in [6.07, 6.45) is 0.569. The lowest BCUT2D eigenvalue weighted by Gasteiger charge is -2.30. The van der Waals surface area contributed by atoms with Gasteiger partial charge in [-0.15, -0.1) is 0 Å². The molecule has 3 amide bonds. The number of primary amides is 1. The second kappa shape index (κ2) is 7.84. The van der Waals surface area contributed by atoms with E-state index in [2.05, 4.69) is 0 Å². The highest BCUT2D eigenvalue weighted by molar-refractivity contribution is 6.09. The van der Waals surface area contributed by atoms with E-state index in [4.69, 9.17) is 5.73 Å². The first-order valence-corrected chi connectivity index (χ1v) is 9.29. The zero-order valence-corrected chi connectivity index (χ0v) is 16.2. The van der Waals surface area contributed by atoms with Crippen LogP contribution < -0.4 is 10.6 Å². The fourth-order valence-electron chi connectivity index (χ4n) is 3.86. The Morgan fingerprint density at radius 2 is 1.71 bits per heavy atom. The lowest BCUT2D eigenvalue weighted by Crippen LogP contribution is -2.45. The molecule has 146 valence electrons. The number of rotatable bonds is 7. The molecule has 0 spiro atoms. The number of fused-ring (bicyclic) bond motifs is 1. The third-order valence-electron chi connectivity index (χ3n) is 5.42. The summed E-state index contributed by atoms with van der Waals surface area (Å²) in [5.74, 6) is -0.731. The van der Waals surface area contributed by atoms with Gasteiger partial charge in [0.15, 0.2) is 0 Å². The molecule has 2 aromatic rings. The molecule has 0 aromatic heterocycles. The van der Waals surface area contributed by atoms with Crippen LogP contribution in [0.4, 0.5) is 5.69 Å². The minimum absolute atomic E-state index is 0.0390. The van der Waals surface area contributed by atoms with Crippen molar-refractivity contribution in [1.29, 1.82) is 0 Å². The average Bonchev–Trinajstić information content (AvgIpc) is 2.89. The summed E-state index contributed by atoms with van der Waals surface area (Å²) in [7, 11) is 3.38. The van der Waals surface area contributed by atoms with Gasteiger partial charge >= 0.3 is 0 Å². The first kappa shape index (κ1) is 19.6. The molecule has 1 unspecified atom stereocenters. The summed E-state index contributed by atoms with van der Waals surface area (Å²) in [6.45, 7) is 0.237. The first-order chi connectivity index (χ1) is 13.3. The highest BCUT2D eigenvalue weighted by Gasteiger charge is 2.51. The summed E-state index contributed by atoms with van der Waals surface area (Å²) < 4.78 is 0. The number of nitrogens with two attached hydrogens (primary N) is 1. The Hall–Kier alpha value is -3.15. The Balaban J connectivity index is 1.98. The van der Waals surface area contributed by atoms with Gasteiger partial charge in [-0.05, 0) is 23.6 Å². The van der Waals surface area contributed by atoms with Crippen molar-refractivity contribution < 1.29 is 14.4 Å². The molecule has 1 atom stereocenters. The van der Waals surface area contributed by atoms with E-state index in [1.165, 1.54) is 4.90 Å². The molecule has 2 aromatic carbocycles. The van der Waals surface area contributed by atoms with E-state index in [1.54, 1.807) is 19.0 Å².